The lowest BCUT2D eigenvalue weighted by Gasteiger charge is -2.25. The Labute approximate surface area is 208 Å². The highest BCUT2D eigenvalue weighted by Gasteiger charge is 2.31. The van der Waals surface area contributed by atoms with Crippen molar-refractivity contribution >= 4 is 35.5 Å². The van der Waals surface area contributed by atoms with Crippen LogP contribution in [0.25, 0.3) is 0 Å². The Hall–Kier alpha value is -4.00. The predicted molar refractivity (Wildman–Crippen MR) is 129 cm³/mol. The van der Waals surface area contributed by atoms with E-state index in [-0.39, 0.29) is 18.8 Å². The van der Waals surface area contributed by atoms with Gasteiger partial charge in [0.25, 0.3) is 0 Å². The van der Waals surface area contributed by atoms with Crippen molar-refractivity contribution in [2.75, 3.05) is 0 Å². The number of carboxylic acid groups (broad SMARTS) is 1. The largest absolute Gasteiger partial charge is 0.480 e. The van der Waals surface area contributed by atoms with Gasteiger partial charge < -0.3 is 38.3 Å². The molecular formula is C23H34N6O7. The summed E-state index contributed by atoms with van der Waals surface area (Å²) in [4.78, 5) is 72.5. The Balaban J connectivity index is 3.13. The van der Waals surface area contributed by atoms with Crippen LogP contribution in [-0.4, -0.2) is 64.8 Å². The summed E-state index contributed by atoms with van der Waals surface area (Å²) >= 11 is 0. The fourth-order valence-corrected chi connectivity index (χ4v) is 3.30. The maximum Gasteiger partial charge on any atom is 0.326 e. The van der Waals surface area contributed by atoms with Crippen LogP contribution in [-0.2, 0) is 35.2 Å². The van der Waals surface area contributed by atoms with Gasteiger partial charge in [-0.15, -0.1) is 0 Å². The average Bonchev–Trinajstić information content (AvgIpc) is 2.77. The van der Waals surface area contributed by atoms with Gasteiger partial charge in [0.1, 0.15) is 18.1 Å². The molecule has 0 aliphatic carbocycles. The summed E-state index contributed by atoms with van der Waals surface area (Å²) in [5.41, 5.74) is 16.5. The number of benzene rings is 1. The minimum Gasteiger partial charge on any atom is -0.480 e. The second-order valence-corrected chi connectivity index (χ2v) is 8.79. The molecule has 1 aromatic rings. The third kappa shape index (κ3) is 11.0. The van der Waals surface area contributed by atoms with Crippen molar-refractivity contribution in [1.82, 2.24) is 16.0 Å². The molecule has 5 amide bonds. The standard InChI is InChI=1S/C23H34N6O7/c1-12(2)8-17(23(35)36)29-21(33)15(9-13-6-4-3-5-7-13)28-22(34)16(11-19(26)31)27-20(32)14(24)10-18(25)30/h3-7,12,14-17H,8-11,24H2,1-2H3,(H2,25,30)(H2,26,31)(H,27,32)(H,28,34)(H,29,33)(H,35,36). The van der Waals surface area contributed by atoms with Crippen LogP contribution in [0.4, 0.5) is 0 Å². The molecule has 4 unspecified atom stereocenters. The van der Waals surface area contributed by atoms with Gasteiger partial charge in [0.05, 0.1) is 18.9 Å². The Morgan fingerprint density at radius 2 is 1.28 bits per heavy atom. The zero-order valence-electron chi connectivity index (χ0n) is 20.2. The SMILES string of the molecule is CC(C)CC(NC(=O)C(Cc1ccccc1)NC(=O)C(CC(N)=O)NC(=O)C(N)CC(N)=O)C(=O)O. The molecule has 0 aliphatic rings. The van der Waals surface area contributed by atoms with Crippen molar-refractivity contribution < 1.29 is 33.9 Å². The number of nitrogens with one attached hydrogen (secondary N) is 3. The molecule has 0 heterocycles. The van der Waals surface area contributed by atoms with Gasteiger partial charge in [-0.3, -0.25) is 24.0 Å². The second-order valence-electron chi connectivity index (χ2n) is 8.79. The highest BCUT2D eigenvalue weighted by atomic mass is 16.4. The van der Waals surface area contributed by atoms with E-state index in [9.17, 15) is 33.9 Å². The first kappa shape index (κ1) is 30.0. The van der Waals surface area contributed by atoms with Crippen LogP contribution in [0.2, 0.25) is 0 Å². The molecule has 0 bridgehead atoms. The molecule has 198 valence electrons. The van der Waals surface area contributed by atoms with E-state index < -0.39 is 72.5 Å². The molecule has 0 saturated heterocycles. The van der Waals surface area contributed by atoms with Crippen LogP contribution >= 0.6 is 0 Å². The predicted octanol–water partition coefficient (Wildman–Crippen LogP) is -2.11. The molecule has 1 rings (SSSR count). The monoisotopic (exact) mass is 506 g/mol. The van der Waals surface area contributed by atoms with Gasteiger partial charge in [-0.2, -0.15) is 0 Å². The van der Waals surface area contributed by atoms with Crippen LogP contribution in [0, 0.1) is 5.92 Å². The van der Waals surface area contributed by atoms with E-state index in [1.54, 1.807) is 44.2 Å². The molecule has 0 spiro atoms. The fourth-order valence-electron chi connectivity index (χ4n) is 3.30. The van der Waals surface area contributed by atoms with Crippen LogP contribution in [0.1, 0.15) is 38.7 Å². The summed E-state index contributed by atoms with van der Waals surface area (Å²) in [6, 6.07) is 3.30. The van der Waals surface area contributed by atoms with Crippen LogP contribution in [0.15, 0.2) is 30.3 Å². The lowest BCUT2D eigenvalue weighted by molar-refractivity contribution is -0.143. The van der Waals surface area contributed by atoms with Gasteiger partial charge in [-0.05, 0) is 17.9 Å². The Bertz CT molecular complexity index is 954. The van der Waals surface area contributed by atoms with Crippen LogP contribution in [0.3, 0.4) is 0 Å². The quantitative estimate of drug-likeness (QED) is 0.139. The molecule has 13 heteroatoms. The fraction of sp³-hybridized carbons (Fsp3) is 0.478. The number of primary amides is 2. The Morgan fingerprint density at radius 3 is 1.78 bits per heavy atom. The summed E-state index contributed by atoms with van der Waals surface area (Å²) in [6.45, 7) is 3.59. The number of hydrogen-bond acceptors (Lipinski definition) is 7. The topological polar surface area (TPSA) is 237 Å². The number of carbonyl (C=O) groups is 6. The summed E-state index contributed by atoms with van der Waals surface area (Å²) in [7, 11) is 0. The molecule has 0 saturated carbocycles. The lowest BCUT2D eigenvalue weighted by Crippen LogP contribution is -2.58. The summed E-state index contributed by atoms with van der Waals surface area (Å²) in [5, 5.41) is 16.6. The van der Waals surface area contributed by atoms with E-state index in [0.29, 0.717) is 5.56 Å². The Morgan fingerprint density at radius 1 is 0.778 bits per heavy atom. The first-order valence-electron chi connectivity index (χ1n) is 11.3. The highest BCUT2D eigenvalue weighted by Crippen LogP contribution is 2.08. The van der Waals surface area contributed by atoms with Crippen LogP contribution < -0.4 is 33.2 Å². The third-order valence-electron chi connectivity index (χ3n) is 5.03. The molecule has 0 fully saturated rings. The molecular weight excluding hydrogens is 472 g/mol. The van der Waals surface area contributed by atoms with Gasteiger partial charge in [-0.1, -0.05) is 44.2 Å². The second kappa shape index (κ2) is 14.4. The van der Waals surface area contributed by atoms with Crippen molar-refractivity contribution in [3.8, 4) is 0 Å². The van der Waals surface area contributed by atoms with Crippen molar-refractivity contribution in [1.29, 1.82) is 0 Å². The van der Waals surface area contributed by atoms with E-state index in [1.807, 2.05) is 0 Å². The van der Waals surface area contributed by atoms with Crippen molar-refractivity contribution in [3.63, 3.8) is 0 Å². The van der Waals surface area contributed by atoms with E-state index in [0.717, 1.165) is 0 Å². The molecule has 0 aromatic heterocycles. The maximum absolute atomic E-state index is 13.0. The molecule has 10 N–H and O–H groups in total. The number of amides is 5. The Kier molecular flexibility index (Phi) is 12.0. The van der Waals surface area contributed by atoms with E-state index >= 15 is 0 Å². The number of aliphatic carboxylic acids is 1. The van der Waals surface area contributed by atoms with Crippen LogP contribution in [0.5, 0.6) is 0 Å². The summed E-state index contributed by atoms with van der Waals surface area (Å²) in [5.74, 6) is -5.66. The average molecular weight is 507 g/mol. The van der Waals surface area contributed by atoms with E-state index in [1.165, 1.54) is 0 Å². The molecule has 36 heavy (non-hydrogen) atoms. The zero-order chi connectivity index (χ0) is 27.4. The first-order chi connectivity index (χ1) is 16.8. The highest BCUT2D eigenvalue weighted by molar-refractivity contribution is 5.97. The van der Waals surface area contributed by atoms with Gasteiger partial charge in [0.15, 0.2) is 0 Å². The smallest absolute Gasteiger partial charge is 0.326 e. The lowest BCUT2D eigenvalue weighted by atomic mass is 10.0. The van der Waals surface area contributed by atoms with E-state index in [4.69, 9.17) is 17.2 Å². The number of nitrogens with two attached hydrogens (primary N) is 3. The van der Waals surface area contributed by atoms with Crippen molar-refractivity contribution in [2.24, 2.45) is 23.1 Å². The normalized spacial score (nSPS) is 14.1. The number of carbonyl (C=O) groups excluding carboxylic acids is 5. The van der Waals surface area contributed by atoms with Gasteiger partial charge in [0, 0.05) is 6.42 Å². The van der Waals surface area contributed by atoms with Gasteiger partial charge in [-0.25, -0.2) is 4.79 Å². The zero-order valence-corrected chi connectivity index (χ0v) is 20.2. The molecule has 0 radical (unpaired) electrons. The van der Waals surface area contributed by atoms with Gasteiger partial charge in [0.2, 0.25) is 29.5 Å². The number of hydrogen-bond donors (Lipinski definition) is 7. The van der Waals surface area contributed by atoms with Crippen molar-refractivity contribution in [3.05, 3.63) is 35.9 Å². The maximum atomic E-state index is 13.0. The molecule has 1 aromatic carbocycles. The summed E-state index contributed by atoms with van der Waals surface area (Å²) < 4.78 is 0. The third-order valence-corrected chi connectivity index (χ3v) is 5.03. The first-order valence-corrected chi connectivity index (χ1v) is 11.3. The molecule has 0 aliphatic heterocycles. The summed E-state index contributed by atoms with van der Waals surface area (Å²) in [6.07, 6.45) is -0.968. The minimum absolute atomic E-state index is 0.00907. The number of carboxylic acids is 1. The van der Waals surface area contributed by atoms with E-state index in [2.05, 4.69) is 16.0 Å². The minimum atomic E-state index is -1.51. The number of rotatable bonds is 15. The van der Waals surface area contributed by atoms with Gasteiger partial charge >= 0.3 is 5.97 Å². The molecule has 13 nitrogen and oxygen atoms in total. The van der Waals surface area contributed by atoms with Crippen molar-refractivity contribution in [2.45, 2.75) is 63.7 Å². The molecule has 4 atom stereocenters.